The van der Waals surface area contributed by atoms with Crippen LogP contribution in [-0.4, -0.2) is 104 Å². The van der Waals surface area contributed by atoms with Crippen LogP contribution in [0.1, 0.15) is 119 Å². The molecule has 1 aliphatic rings. The van der Waals surface area contributed by atoms with Gasteiger partial charge in [0.15, 0.2) is 23.7 Å². The van der Waals surface area contributed by atoms with E-state index in [1.54, 1.807) is 0 Å². The number of ether oxygens (including phenoxy) is 7. The Hall–Kier alpha value is -1.93. The minimum absolute atomic E-state index is 0.266. The van der Waals surface area contributed by atoms with Gasteiger partial charge in [-0.1, -0.05) is 78.1 Å². The molecule has 0 spiro atoms. The van der Waals surface area contributed by atoms with Crippen LogP contribution in [-0.2, 0) is 52.3 Å². The van der Waals surface area contributed by atoms with Gasteiger partial charge in [0, 0.05) is 54.0 Å². The summed E-state index contributed by atoms with van der Waals surface area (Å²) in [5.41, 5.74) is -0.896. The van der Waals surface area contributed by atoms with Crippen molar-refractivity contribution in [3.63, 3.8) is 0 Å². The molecule has 0 unspecified atom stereocenters. The summed E-state index contributed by atoms with van der Waals surface area (Å²) >= 11 is 1.26. The Kier molecular flexibility index (Phi) is 24.7. The lowest BCUT2D eigenvalue weighted by molar-refractivity contribution is -0.237. The van der Waals surface area contributed by atoms with Crippen molar-refractivity contribution >= 4 is 35.8 Å². The monoisotopic (exact) mass is 691 g/mol. The lowest BCUT2D eigenvalue weighted by atomic mass is 9.99. The molecular formula is C34H61NO11S. The minimum atomic E-state index is -1.21. The summed E-state index contributed by atoms with van der Waals surface area (Å²) < 4.78 is 42.2. The summed E-state index contributed by atoms with van der Waals surface area (Å²) in [6.45, 7) is 12.3. The lowest BCUT2D eigenvalue weighted by Crippen LogP contribution is -2.62. The van der Waals surface area contributed by atoms with E-state index in [-0.39, 0.29) is 6.61 Å². The number of hydrogen-bond donors (Lipinski definition) is 0. The fraction of sp³-hybridized carbons (Fsp3) is 0.882. The molecule has 47 heavy (non-hydrogen) atoms. The first-order valence-electron chi connectivity index (χ1n) is 17.5. The van der Waals surface area contributed by atoms with Gasteiger partial charge < -0.3 is 33.2 Å². The van der Waals surface area contributed by atoms with Gasteiger partial charge in [-0.15, -0.1) is 0 Å². The summed E-state index contributed by atoms with van der Waals surface area (Å²) in [7, 11) is 0. The van der Waals surface area contributed by atoms with Gasteiger partial charge >= 0.3 is 23.9 Å². The van der Waals surface area contributed by atoms with Crippen molar-refractivity contribution in [3.05, 3.63) is 0 Å². The summed E-state index contributed by atoms with van der Waals surface area (Å²) in [4.78, 5) is 48.2. The largest absolute Gasteiger partial charge is 0.463 e. The quantitative estimate of drug-likeness (QED) is 0.0446. The van der Waals surface area contributed by atoms with E-state index in [0.29, 0.717) is 39.5 Å². The Morgan fingerprint density at radius 3 is 1.49 bits per heavy atom. The van der Waals surface area contributed by atoms with Crippen LogP contribution in [0.5, 0.6) is 0 Å². The van der Waals surface area contributed by atoms with Crippen LogP contribution in [0.3, 0.4) is 0 Å². The molecule has 0 radical (unpaired) electrons. The fourth-order valence-corrected chi connectivity index (χ4v) is 6.32. The van der Waals surface area contributed by atoms with Crippen LogP contribution in [0, 0.1) is 0 Å². The van der Waals surface area contributed by atoms with Crippen molar-refractivity contribution in [2.45, 2.75) is 148 Å². The molecule has 0 aromatic heterocycles. The zero-order valence-corrected chi connectivity index (χ0v) is 30.5. The standard InChI is InChI=1S/C34H61NO11S/c1-7-9-11-13-15-17-21-40-23-19-35(20-24-41-22-18-16-14-12-10-8-2)47-34-33(45-29(6)39)32(44-28(5)38)31(43-27(4)37)30(46-34)25-42-26(3)36/h30-34H,7-25H2,1-6H3/t30-,31+,32+,33-,34+/m1/s1. The average molecular weight is 692 g/mol. The van der Waals surface area contributed by atoms with Crippen molar-refractivity contribution < 1.29 is 52.3 Å². The van der Waals surface area contributed by atoms with E-state index < -0.39 is 53.7 Å². The molecule has 274 valence electrons. The van der Waals surface area contributed by atoms with Crippen LogP contribution in [0.2, 0.25) is 0 Å². The van der Waals surface area contributed by atoms with Gasteiger partial charge in [0.25, 0.3) is 0 Å². The van der Waals surface area contributed by atoms with Gasteiger partial charge in [-0.05, 0) is 24.8 Å². The third-order valence-electron chi connectivity index (χ3n) is 7.46. The molecule has 1 heterocycles. The Morgan fingerprint density at radius 1 is 0.574 bits per heavy atom. The maximum Gasteiger partial charge on any atom is 0.303 e. The van der Waals surface area contributed by atoms with Crippen molar-refractivity contribution in [1.29, 1.82) is 0 Å². The third kappa shape index (κ3) is 20.9. The molecule has 0 amide bonds. The molecule has 1 fully saturated rings. The van der Waals surface area contributed by atoms with Crippen molar-refractivity contribution in [3.8, 4) is 0 Å². The molecule has 0 bridgehead atoms. The number of carbonyl (C=O) groups excluding carboxylic acids is 4. The molecule has 13 heteroatoms. The SMILES string of the molecule is CCCCCCCCOCCN(CCOCCCCCCCC)S[C@@H]1O[C@H](COC(C)=O)[C@H](OC(C)=O)[C@H](OC(C)=O)[C@H]1OC(C)=O. The van der Waals surface area contributed by atoms with Gasteiger partial charge in [0.1, 0.15) is 12.7 Å². The van der Waals surface area contributed by atoms with Crippen molar-refractivity contribution in [1.82, 2.24) is 4.31 Å². The van der Waals surface area contributed by atoms with Crippen LogP contribution < -0.4 is 0 Å². The maximum atomic E-state index is 12.3. The van der Waals surface area contributed by atoms with Crippen molar-refractivity contribution in [2.24, 2.45) is 0 Å². The van der Waals surface area contributed by atoms with Crippen molar-refractivity contribution in [2.75, 3.05) is 46.1 Å². The van der Waals surface area contributed by atoms with Crippen LogP contribution >= 0.6 is 11.9 Å². The number of nitrogens with zero attached hydrogens (tertiary/aromatic N) is 1. The summed E-state index contributed by atoms with van der Waals surface area (Å²) in [6.07, 6.45) is 9.59. The molecular weight excluding hydrogens is 630 g/mol. The van der Waals surface area contributed by atoms with Crippen LogP contribution in [0.15, 0.2) is 0 Å². The van der Waals surface area contributed by atoms with E-state index in [4.69, 9.17) is 33.2 Å². The van der Waals surface area contributed by atoms with Gasteiger partial charge in [0.2, 0.25) is 0 Å². The van der Waals surface area contributed by atoms with Gasteiger partial charge in [-0.25, -0.2) is 4.31 Å². The number of carbonyl (C=O) groups is 4. The number of unbranched alkanes of at least 4 members (excludes halogenated alkanes) is 10. The van der Waals surface area contributed by atoms with E-state index in [9.17, 15) is 19.2 Å². The molecule has 0 aromatic rings. The average Bonchev–Trinajstić information content (AvgIpc) is 3.00. The molecule has 5 atom stereocenters. The van der Waals surface area contributed by atoms with Crippen LogP contribution in [0.25, 0.3) is 0 Å². The van der Waals surface area contributed by atoms with E-state index in [1.165, 1.54) is 91.0 Å². The summed E-state index contributed by atoms with van der Waals surface area (Å²) in [5.74, 6) is -2.51. The fourth-order valence-electron chi connectivity index (χ4n) is 5.14. The van der Waals surface area contributed by atoms with Gasteiger partial charge in [-0.2, -0.15) is 0 Å². The Morgan fingerprint density at radius 2 is 1.02 bits per heavy atom. The topological polar surface area (TPSA) is 136 Å². The minimum Gasteiger partial charge on any atom is -0.463 e. The van der Waals surface area contributed by atoms with Gasteiger partial charge in [-0.3, -0.25) is 19.2 Å². The van der Waals surface area contributed by atoms with Gasteiger partial charge in [0.05, 0.1) is 13.2 Å². The van der Waals surface area contributed by atoms with E-state index >= 15 is 0 Å². The highest BCUT2D eigenvalue weighted by Gasteiger charge is 2.52. The van der Waals surface area contributed by atoms with E-state index in [2.05, 4.69) is 13.8 Å². The normalized spacial score (nSPS) is 21.0. The molecule has 12 nitrogen and oxygen atoms in total. The number of esters is 4. The highest BCUT2D eigenvalue weighted by Crippen LogP contribution is 2.35. The number of rotatable bonds is 27. The molecule has 0 aliphatic carbocycles. The second-order valence-electron chi connectivity index (χ2n) is 11.9. The third-order valence-corrected chi connectivity index (χ3v) is 8.71. The predicted molar refractivity (Wildman–Crippen MR) is 180 cm³/mol. The molecule has 1 saturated heterocycles. The maximum absolute atomic E-state index is 12.3. The number of hydrogen-bond acceptors (Lipinski definition) is 13. The zero-order chi connectivity index (χ0) is 34.9. The highest BCUT2D eigenvalue weighted by molar-refractivity contribution is 7.97. The molecule has 0 N–H and O–H groups in total. The van der Waals surface area contributed by atoms with E-state index in [0.717, 1.165) is 25.7 Å². The Balaban J connectivity index is 3.04. The second-order valence-corrected chi connectivity index (χ2v) is 13.1. The Bertz CT molecular complexity index is 855. The summed E-state index contributed by atoms with van der Waals surface area (Å²) in [5, 5.41) is 0. The highest BCUT2D eigenvalue weighted by atomic mass is 32.2. The first kappa shape index (κ1) is 43.1. The van der Waals surface area contributed by atoms with E-state index in [1.807, 2.05) is 4.31 Å². The molecule has 1 rings (SSSR count). The zero-order valence-electron chi connectivity index (χ0n) is 29.7. The lowest BCUT2D eigenvalue weighted by Gasteiger charge is -2.45. The second kappa shape index (κ2) is 27.0. The summed E-state index contributed by atoms with van der Waals surface area (Å²) in [6, 6.07) is 0. The first-order chi connectivity index (χ1) is 22.6. The molecule has 1 aliphatic heterocycles. The smallest absolute Gasteiger partial charge is 0.303 e. The molecule has 0 saturated carbocycles. The first-order valence-corrected chi connectivity index (χ1v) is 18.3. The Labute approximate surface area is 286 Å². The molecule has 0 aromatic carbocycles. The predicted octanol–water partition coefficient (Wildman–Crippen LogP) is 5.77. The van der Waals surface area contributed by atoms with Crippen LogP contribution in [0.4, 0.5) is 0 Å².